The zero-order valence-electron chi connectivity index (χ0n) is 6.48. The second-order valence-corrected chi connectivity index (χ2v) is 4.06. The molecule has 1 heterocycles. The van der Waals surface area contributed by atoms with Crippen LogP contribution < -0.4 is 10.5 Å². The van der Waals surface area contributed by atoms with E-state index < -0.39 is 10.0 Å². The van der Waals surface area contributed by atoms with Crippen molar-refractivity contribution in [2.45, 2.75) is 0 Å². The first kappa shape index (κ1) is 8.79. The fourth-order valence-corrected chi connectivity index (χ4v) is 1.28. The molecule has 0 radical (unpaired) electrons. The molecule has 5 nitrogen and oxygen atoms in total. The number of nitrogens with two attached hydrogens (primary N) is 1. The normalized spacial score (nSPS) is 11.1. The van der Waals surface area contributed by atoms with E-state index in [0.29, 0.717) is 5.69 Å². The lowest BCUT2D eigenvalue weighted by atomic mass is 10.4. The predicted octanol–water partition coefficient (Wildman–Crippen LogP) is 0.0353. The Bertz CT molecular complexity index is 374. The summed E-state index contributed by atoms with van der Waals surface area (Å²) in [5.74, 6) is 0.169. The average Bonchev–Trinajstić information content (AvgIpc) is 1.91. The standard InChI is InChI=1S/C6H9N3O2S/c1-12(10,11)9-5-3-2-4-8-6(5)7/h2-4,9H,1H3,(H2,7,8). The molecule has 0 bridgehead atoms. The minimum Gasteiger partial charge on any atom is -0.382 e. The lowest BCUT2D eigenvalue weighted by Crippen LogP contribution is -2.11. The Morgan fingerprint density at radius 2 is 2.25 bits per heavy atom. The van der Waals surface area contributed by atoms with Gasteiger partial charge in [-0.1, -0.05) is 0 Å². The van der Waals surface area contributed by atoms with Crippen LogP contribution in [0.5, 0.6) is 0 Å². The maximum absolute atomic E-state index is 10.8. The van der Waals surface area contributed by atoms with Gasteiger partial charge in [0.05, 0.1) is 11.9 Å². The SMILES string of the molecule is CS(=O)(=O)Nc1cccnc1N. The number of rotatable bonds is 2. The van der Waals surface area contributed by atoms with Crippen LogP contribution in [0.3, 0.4) is 0 Å². The molecule has 6 heteroatoms. The van der Waals surface area contributed by atoms with Crippen LogP contribution in [-0.2, 0) is 10.0 Å². The zero-order chi connectivity index (χ0) is 9.19. The van der Waals surface area contributed by atoms with Gasteiger partial charge in [0.1, 0.15) is 5.82 Å². The van der Waals surface area contributed by atoms with Gasteiger partial charge in [-0.2, -0.15) is 0 Å². The number of hydrogen-bond donors (Lipinski definition) is 2. The first-order chi connectivity index (χ1) is 5.49. The maximum Gasteiger partial charge on any atom is 0.229 e. The van der Waals surface area contributed by atoms with Crippen molar-refractivity contribution >= 4 is 21.5 Å². The molecule has 0 fully saturated rings. The van der Waals surface area contributed by atoms with Crippen LogP contribution in [0.15, 0.2) is 18.3 Å². The van der Waals surface area contributed by atoms with E-state index in [2.05, 4.69) is 9.71 Å². The number of sulfonamides is 1. The first-order valence-electron chi connectivity index (χ1n) is 3.17. The van der Waals surface area contributed by atoms with Crippen LogP contribution in [0.25, 0.3) is 0 Å². The second kappa shape index (κ2) is 2.98. The van der Waals surface area contributed by atoms with E-state index in [4.69, 9.17) is 5.73 Å². The molecule has 3 N–H and O–H groups in total. The van der Waals surface area contributed by atoms with E-state index in [1.165, 1.54) is 6.20 Å². The first-order valence-corrected chi connectivity index (χ1v) is 5.06. The molecule has 0 unspecified atom stereocenters. The molecular formula is C6H9N3O2S. The van der Waals surface area contributed by atoms with Gasteiger partial charge < -0.3 is 5.73 Å². The molecule has 1 aromatic rings. The molecule has 0 aliphatic rings. The highest BCUT2D eigenvalue weighted by molar-refractivity contribution is 7.92. The second-order valence-electron chi connectivity index (χ2n) is 2.31. The molecule has 0 spiro atoms. The summed E-state index contributed by atoms with van der Waals surface area (Å²) in [5.41, 5.74) is 5.70. The fourth-order valence-electron chi connectivity index (χ4n) is 0.704. The number of nitrogens with zero attached hydrogens (tertiary/aromatic N) is 1. The van der Waals surface area contributed by atoms with Crippen molar-refractivity contribution < 1.29 is 8.42 Å². The quantitative estimate of drug-likeness (QED) is 0.684. The number of pyridine rings is 1. The monoisotopic (exact) mass is 187 g/mol. The minimum absolute atomic E-state index is 0.169. The van der Waals surface area contributed by atoms with Crippen molar-refractivity contribution in [3.63, 3.8) is 0 Å². The highest BCUT2D eigenvalue weighted by Gasteiger charge is 2.04. The van der Waals surface area contributed by atoms with Crippen LogP contribution in [0.2, 0.25) is 0 Å². The highest BCUT2D eigenvalue weighted by atomic mass is 32.2. The molecule has 0 aliphatic heterocycles. The molecule has 0 saturated carbocycles. The van der Waals surface area contributed by atoms with Crippen molar-refractivity contribution in [3.8, 4) is 0 Å². The molecule has 1 aromatic heterocycles. The summed E-state index contributed by atoms with van der Waals surface area (Å²) >= 11 is 0. The van der Waals surface area contributed by atoms with E-state index in [-0.39, 0.29) is 5.82 Å². The Morgan fingerprint density at radius 1 is 1.58 bits per heavy atom. The molecular weight excluding hydrogens is 178 g/mol. The molecule has 66 valence electrons. The van der Waals surface area contributed by atoms with Gasteiger partial charge in [-0.15, -0.1) is 0 Å². The number of nitrogens with one attached hydrogen (secondary N) is 1. The number of anilines is 2. The van der Waals surface area contributed by atoms with Crippen molar-refractivity contribution in [1.82, 2.24) is 4.98 Å². The summed E-state index contributed by atoms with van der Waals surface area (Å²) in [6.45, 7) is 0. The summed E-state index contributed by atoms with van der Waals surface area (Å²) in [6, 6.07) is 3.15. The largest absolute Gasteiger partial charge is 0.382 e. The number of nitrogen functional groups attached to an aromatic ring is 1. The van der Waals surface area contributed by atoms with Crippen LogP contribution in [0.1, 0.15) is 0 Å². The highest BCUT2D eigenvalue weighted by Crippen LogP contribution is 2.14. The Balaban J connectivity index is 2.98. The van der Waals surface area contributed by atoms with E-state index in [0.717, 1.165) is 6.26 Å². The number of aromatic nitrogens is 1. The molecule has 1 rings (SSSR count). The Hall–Kier alpha value is -1.30. The van der Waals surface area contributed by atoms with Crippen LogP contribution in [0.4, 0.5) is 11.5 Å². The number of hydrogen-bond acceptors (Lipinski definition) is 4. The van der Waals surface area contributed by atoms with Gasteiger partial charge in [-0.05, 0) is 12.1 Å². The smallest absolute Gasteiger partial charge is 0.229 e. The van der Waals surface area contributed by atoms with E-state index in [9.17, 15) is 8.42 Å². The van der Waals surface area contributed by atoms with E-state index >= 15 is 0 Å². The third kappa shape index (κ3) is 2.39. The third-order valence-electron chi connectivity index (χ3n) is 1.13. The lowest BCUT2D eigenvalue weighted by molar-refractivity contribution is 0.607. The lowest BCUT2D eigenvalue weighted by Gasteiger charge is -2.04. The Kier molecular flexibility index (Phi) is 2.18. The summed E-state index contributed by atoms with van der Waals surface area (Å²) in [5, 5.41) is 0. The van der Waals surface area contributed by atoms with Gasteiger partial charge in [0.15, 0.2) is 0 Å². The van der Waals surface area contributed by atoms with Crippen LogP contribution in [-0.4, -0.2) is 19.7 Å². The van der Waals surface area contributed by atoms with Crippen LogP contribution in [0, 0.1) is 0 Å². The van der Waals surface area contributed by atoms with Crippen LogP contribution >= 0.6 is 0 Å². The van der Waals surface area contributed by atoms with Gasteiger partial charge in [-0.3, -0.25) is 4.72 Å². The average molecular weight is 187 g/mol. The fraction of sp³-hybridized carbons (Fsp3) is 0.167. The molecule has 0 atom stereocenters. The van der Waals surface area contributed by atoms with Crippen molar-refractivity contribution in [2.75, 3.05) is 16.7 Å². The molecule has 0 amide bonds. The minimum atomic E-state index is -3.27. The molecule has 0 aromatic carbocycles. The van der Waals surface area contributed by atoms with Gasteiger partial charge in [-0.25, -0.2) is 13.4 Å². The molecule has 0 saturated heterocycles. The zero-order valence-corrected chi connectivity index (χ0v) is 7.30. The van der Waals surface area contributed by atoms with Gasteiger partial charge in [0.25, 0.3) is 0 Å². The molecule has 0 aliphatic carbocycles. The molecule has 12 heavy (non-hydrogen) atoms. The van der Waals surface area contributed by atoms with E-state index in [1.54, 1.807) is 12.1 Å². The van der Waals surface area contributed by atoms with Crippen molar-refractivity contribution in [1.29, 1.82) is 0 Å². The van der Waals surface area contributed by atoms with Gasteiger partial charge in [0.2, 0.25) is 10.0 Å². The Labute approximate surface area is 70.7 Å². The summed E-state index contributed by atoms with van der Waals surface area (Å²) in [6.07, 6.45) is 2.54. The van der Waals surface area contributed by atoms with Gasteiger partial charge in [0, 0.05) is 6.20 Å². The summed E-state index contributed by atoms with van der Waals surface area (Å²) < 4.78 is 23.8. The van der Waals surface area contributed by atoms with Crippen molar-refractivity contribution in [3.05, 3.63) is 18.3 Å². The topological polar surface area (TPSA) is 85.1 Å². The predicted molar refractivity (Wildman–Crippen MR) is 47.1 cm³/mol. The Morgan fingerprint density at radius 3 is 2.75 bits per heavy atom. The third-order valence-corrected chi connectivity index (χ3v) is 1.72. The maximum atomic E-state index is 10.8. The van der Waals surface area contributed by atoms with Crippen molar-refractivity contribution in [2.24, 2.45) is 0 Å². The van der Waals surface area contributed by atoms with Gasteiger partial charge >= 0.3 is 0 Å². The summed E-state index contributed by atoms with van der Waals surface area (Å²) in [7, 11) is -3.27. The van der Waals surface area contributed by atoms with E-state index in [1.807, 2.05) is 0 Å². The summed E-state index contributed by atoms with van der Waals surface area (Å²) in [4.78, 5) is 3.71.